The Morgan fingerprint density at radius 3 is 2.79 bits per heavy atom. The first-order valence-electron chi connectivity index (χ1n) is 10.1. The van der Waals surface area contributed by atoms with E-state index in [4.69, 9.17) is 5.73 Å². The molecular weight excluding hydrogens is 354 g/mol. The highest BCUT2D eigenvalue weighted by molar-refractivity contribution is 5.98. The van der Waals surface area contributed by atoms with E-state index in [0.29, 0.717) is 30.8 Å². The number of fused-ring (bicyclic) bond motifs is 4. The van der Waals surface area contributed by atoms with Gasteiger partial charge in [-0.25, -0.2) is 0 Å². The van der Waals surface area contributed by atoms with Crippen LogP contribution < -0.4 is 21.9 Å². The molecule has 0 unspecified atom stereocenters. The van der Waals surface area contributed by atoms with Gasteiger partial charge in [0, 0.05) is 30.4 Å². The molecule has 1 fully saturated rings. The second-order valence-electron chi connectivity index (χ2n) is 8.19. The molecule has 4 N–H and O–H groups in total. The zero-order valence-corrected chi connectivity index (χ0v) is 16.1. The molecule has 0 radical (unpaired) electrons. The normalized spacial score (nSPS) is 18.9. The maximum Gasteiger partial charge on any atom is 0.277 e. The second kappa shape index (κ2) is 6.17. The van der Waals surface area contributed by atoms with Gasteiger partial charge in [-0.3, -0.25) is 19.1 Å². The molecule has 0 aromatic carbocycles. The summed E-state index contributed by atoms with van der Waals surface area (Å²) in [4.78, 5) is 30.9. The van der Waals surface area contributed by atoms with Crippen molar-refractivity contribution < 1.29 is 4.79 Å². The van der Waals surface area contributed by atoms with Crippen LogP contribution >= 0.6 is 0 Å². The Hall–Kier alpha value is -2.67. The summed E-state index contributed by atoms with van der Waals surface area (Å²) in [6, 6.07) is 1.98. The molecule has 7 nitrogen and oxygen atoms in total. The van der Waals surface area contributed by atoms with Crippen molar-refractivity contribution in [2.75, 3.05) is 11.9 Å². The van der Waals surface area contributed by atoms with Crippen LogP contribution in [0.2, 0.25) is 0 Å². The lowest BCUT2D eigenvalue weighted by Gasteiger charge is -2.36. The average Bonchev–Trinajstić information content (AvgIpc) is 2.97. The lowest BCUT2D eigenvalue weighted by molar-refractivity contribution is 0.0876. The molecule has 1 spiro atoms. The van der Waals surface area contributed by atoms with Gasteiger partial charge in [-0.05, 0) is 61.9 Å². The Balaban J connectivity index is 1.67. The van der Waals surface area contributed by atoms with Gasteiger partial charge in [0.25, 0.3) is 11.5 Å². The van der Waals surface area contributed by atoms with Crippen molar-refractivity contribution in [1.29, 1.82) is 0 Å². The molecule has 28 heavy (non-hydrogen) atoms. The largest absolute Gasteiger partial charge is 0.350 e. The summed E-state index contributed by atoms with van der Waals surface area (Å²) in [6.45, 7) is 2.49. The standard InChI is InChI=1S/C21H25N5O2/c1-12-15-9-13-11-23-14(5-8-22)10-16(13)24-17(15)20(28)26-18(12)19(27)25-21(26)6-3-2-4-7-21/h10-11,24H,2-9,22H2,1H3,(H,25,27). The Bertz CT molecular complexity index is 1050. The van der Waals surface area contributed by atoms with Crippen LogP contribution in [0.3, 0.4) is 0 Å². The molecule has 1 saturated carbocycles. The van der Waals surface area contributed by atoms with Crippen LogP contribution in [-0.4, -0.2) is 22.0 Å². The number of nitrogens with two attached hydrogens (primary N) is 1. The molecule has 2 aromatic rings. The fourth-order valence-electron chi connectivity index (χ4n) is 5.08. The van der Waals surface area contributed by atoms with Gasteiger partial charge < -0.3 is 16.4 Å². The molecular formula is C21H25N5O2. The molecule has 2 aliphatic heterocycles. The van der Waals surface area contributed by atoms with Crippen molar-refractivity contribution in [2.24, 2.45) is 5.73 Å². The van der Waals surface area contributed by atoms with Crippen molar-refractivity contribution in [2.45, 2.75) is 57.5 Å². The van der Waals surface area contributed by atoms with Gasteiger partial charge in [-0.2, -0.15) is 0 Å². The number of amides is 1. The van der Waals surface area contributed by atoms with E-state index in [1.165, 1.54) is 0 Å². The van der Waals surface area contributed by atoms with Crippen molar-refractivity contribution in [1.82, 2.24) is 14.9 Å². The maximum atomic E-state index is 13.6. The lowest BCUT2D eigenvalue weighted by atomic mass is 9.88. The number of carbonyl (C=O) groups excluding carboxylic acids is 1. The zero-order chi connectivity index (χ0) is 19.5. The number of hydrogen-bond donors (Lipinski definition) is 3. The van der Waals surface area contributed by atoms with E-state index in [0.717, 1.165) is 60.2 Å². The van der Waals surface area contributed by atoms with Gasteiger partial charge in [0.15, 0.2) is 0 Å². The Morgan fingerprint density at radius 1 is 1.25 bits per heavy atom. The fourth-order valence-corrected chi connectivity index (χ4v) is 5.08. The quantitative estimate of drug-likeness (QED) is 0.633. The Kier molecular flexibility index (Phi) is 3.84. The molecule has 3 aliphatic rings. The fraction of sp³-hybridized carbons (Fsp3) is 0.476. The predicted molar refractivity (Wildman–Crippen MR) is 107 cm³/mol. The topological polar surface area (TPSA) is 102 Å². The number of anilines is 2. The number of hydrogen-bond acceptors (Lipinski definition) is 5. The Morgan fingerprint density at radius 2 is 2.04 bits per heavy atom. The monoisotopic (exact) mass is 379 g/mol. The molecule has 4 heterocycles. The SMILES string of the molecule is Cc1c2c(c(=O)n3c1C(=O)NC31CCCCC1)Nc1cc(CCN)ncc1C2. The van der Waals surface area contributed by atoms with Crippen molar-refractivity contribution in [3.8, 4) is 0 Å². The van der Waals surface area contributed by atoms with Crippen LogP contribution in [0.1, 0.15) is 65.0 Å². The predicted octanol–water partition coefficient (Wildman–Crippen LogP) is 2.06. The minimum Gasteiger partial charge on any atom is -0.350 e. The van der Waals surface area contributed by atoms with E-state index in [1.54, 1.807) is 4.57 Å². The van der Waals surface area contributed by atoms with E-state index < -0.39 is 5.66 Å². The highest BCUT2D eigenvalue weighted by atomic mass is 16.2. The molecule has 2 aromatic heterocycles. The number of nitrogens with zero attached hydrogens (tertiary/aromatic N) is 2. The number of nitrogens with one attached hydrogen (secondary N) is 2. The number of aromatic nitrogens is 2. The van der Waals surface area contributed by atoms with Crippen LogP contribution in [0, 0.1) is 6.92 Å². The zero-order valence-electron chi connectivity index (χ0n) is 16.1. The average molecular weight is 379 g/mol. The van der Waals surface area contributed by atoms with Crippen LogP contribution in [0.5, 0.6) is 0 Å². The third kappa shape index (κ3) is 2.35. The first kappa shape index (κ1) is 17.4. The molecule has 1 aliphatic carbocycles. The van der Waals surface area contributed by atoms with Gasteiger partial charge in [0.1, 0.15) is 17.0 Å². The number of pyridine rings is 2. The van der Waals surface area contributed by atoms with Crippen LogP contribution in [-0.2, 0) is 18.5 Å². The third-order valence-electron chi connectivity index (χ3n) is 6.49. The summed E-state index contributed by atoms with van der Waals surface area (Å²) in [5.41, 5.74) is 10.8. The Labute approximate surface area is 163 Å². The molecule has 7 heteroatoms. The summed E-state index contributed by atoms with van der Waals surface area (Å²) in [5.74, 6) is -0.124. The molecule has 146 valence electrons. The van der Waals surface area contributed by atoms with E-state index >= 15 is 0 Å². The molecule has 0 saturated heterocycles. The van der Waals surface area contributed by atoms with Gasteiger partial charge >= 0.3 is 0 Å². The van der Waals surface area contributed by atoms with Crippen molar-refractivity contribution >= 4 is 17.3 Å². The summed E-state index contributed by atoms with van der Waals surface area (Å²) < 4.78 is 1.75. The summed E-state index contributed by atoms with van der Waals surface area (Å²) in [5, 5.41) is 6.52. The van der Waals surface area contributed by atoms with E-state index in [1.807, 2.05) is 19.2 Å². The summed E-state index contributed by atoms with van der Waals surface area (Å²) in [6.07, 6.45) is 7.96. The molecule has 5 rings (SSSR count). The maximum absolute atomic E-state index is 13.6. The number of rotatable bonds is 2. The van der Waals surface area contributed by atoms with Crippen LogP contribution in [0.25, 0.3) is 0 Å². The van der Waals surface area contributed by atoms with Crippen LogP contribution in [0.4, 0.5) is 11.4 Å². The van der Waals surface area contributed by atoms with E-state index in [2.05, 4.69) is 15.6 Å². The minimum atomic E-state index is -0.563. The first-order chi connectivity index (χ1) is 13.5. The van der Waals surface area contributed by atoms with Crippen molar-refractivity contribution in [3.63, 3.8) is 0 Å². The first-order valence-corrected chi connectivity index (χ1v) is 10.1. The third-order valence-corrected chi connectivity index (χ3v) is 6.49. The molecule has 0 atom stereocenters. The van der Waals surface area contributed by atoms with Crippen molar-refractivity contribution in [3.05, 3.63) is 50.7 Å². The second-order valence-corrected chi connectivity index (χ2v) is 8.19. The highest BCUT2D eigenvalue weighted by Crippen LogP contribution is 2.40. The lowest BCUT2D eigenvalue weighted by Crippen LogP contribution is -2.49. The van der Waals surface area contributed by atoms with Crippen LogP contribution in [0.15, 0.2) is 17.1 Å². The number of carbonyl (C=O) groups is 1. The minimum absolute atomic E-state index is 0.0984. The van der Waals surface area contributed by atoms with E-state index in [9.17, 15) is 9.59 Å². The highest BCUT2D eigenvalue weighted by Gasteiger charge is 2.46. The summed E-state index contributed by atoms with van der Waals surface area (Å²) in [7, 11) is 0. The van der Waals surface area contributed by atoms with Gasteiger partial charge in [-0.1, -0.05) is 6.42 Å². The van der Waals surface area contributed by atoms with E-state index in [-0.39, 0.29) is 11.5 Å². The van der Waals surface area contributed by atoms with Gasteiger partial charge in [-0.15, -0.1) is 0 Å². The summed E-state index contributed by atoms with van der Waals surface area (Å²) >= 11 is 0. The van der Waals surface area contributed by atoms with Gasteiger partial charge in [0.05, 0.1) is 0 Å². The van der Waals surface area contributed by atoms with Gasteiger partial charge in [0.2, 0.25) is 0 Å². The smallest absolute Gasteiger partial charge is 0.277 e. The molecule has 0 bridgehead atoms. The molecule has 1 amide bonds.